The first kappa shape index (κ1) is 18.7. The lowest BCUT2D eigenvalue weighted by Gasteiger charge is -2.26. The Balaban J connectivity index is 2.21. The molecule has 0 aliphatic rings. The average molecular weight is 343 g/mol. The van der Waals surface area contributed by atoms with Crippen molar-refractivity contribution in [1.82, 2.24) is 15.1 Å². The zero-order valence-electron chi connectivity index (χ0n) is 15.3. The van der Waals surface area contributed by atoms with E-state index in [-0.39, 0.29) is 18.0 Å². The largest absolute Gasteiger partial charge is 0.481 e. The third-order valence-corrected chi connectivity index (χ3v) is 4.38. The van der Waals surface area contributed by atoms with Gasteiger partial charge in [-0.1, -0.05) is 30.3 Å². The Morgan fingerprint density at radius 2 is 1.76 bits per heavy atom. The molecule has 0 saturated carbocycles. The minimum atomic E-state index is -1.20. The molecule has 0 radical (unpaired) electrons. The van der Waals surface area contributed by atoms with Crippen molar-refractivity contribution >= 4 is 11.9 Å². The van der Waals surface area contributed by atoms with E-state index in [1.807, 2.05) is 33.8 Å². The molecule has 0 aliphatic heterocycles. The van der Waals surface area contributed by atoms with Gasteiger partial charge in [0, 0.05) is 12.2 Å². The molecular formula is C19H25N3O3. The third-order valence-electron chi connectivity index (χ3n) is 4.38. The Morgan fingerprint density at radius 1 is 1.16 bits per heavy atom. The van der Waals surface area contributed by atoms with Crippen molar-refractivity contribution in [3.63, 3.8) is 0 Å². The van der Waals surface area contributed by atoms with Crippen LogP contribution in [0.5, 0.6) is 0 Å². The Hall–Kier alpha value is -2.63. The summed E-state index contributed by atoms with van der Waals surface area (Å²) in [6.45, 7) is 9.45. The van der Waals surface area contributed by atoms with Crippen molar-refractivity contribution in [2.75, 3.05) is 6.54 Å². The van der Waals surface area contributed by atoms with E-state index >= 15 is 0 Å². The van der Waals surface area contributed by atoms with Gasteiger partial charge in [-0.2, -0.15) is 5.10 Å². The number of hydrogen-bond acceptors (Lipinski definition) is 3. The predicted octanol–water partition coefficient (Wildman–Crippen LogP) is 2.72. The lowest BCUT2D eigenvalue weighted by Crippen LogP contribution is -2.44. The Bertz CT molecular complexity index is 775. The highest BCUT2D eigenvalue weighted by molar-refractivity contribution is 5.95. The van der Waals surface area contributed by atoms with Crippen LogP contribution in [0.3, 0.4) is 0 Å². The zero-order chi connectivity index (χ0) is 18.8. The molecule has 1 atom stereocenters. The highest BCUT2D eigenvalue weighted by atomic mass is 16.4. The van der Waals surface area contributed by atoms with Gasteiger partial charge in [-0.25, -0.2) is 0 Å². The normalized spacial score (nSPS) is 14.0. The molecule has 1 unspecified atom stereocenters. The molecule has 0 spiro atoms. The maximum atomic E-state index is 12.5. The number of nitrogens with zero attached hydrogens (tertiary/aromatic N) is 2. The number of benzene rings is 1. The lowest BCUT2D eigenvalue weighted by atomic mass is 9.82. The molecule has 6 nitrogen and oxygen atoms in total. The monoisotopic (exact) mass is 343 g/mol. The highest BCUT2D eigenvalue weighted by Crippen LogP contribution is 2.24. The number of aliphatic carboxylic acids is 1. The van der Waals surface area contributed by atoms with E-state index in [2.05, 4.69) is 10.4 Å². The van der Waals surface area contributed by atoms with Crippen LogP contribution in [-0.2, 0) is 15.7 Å². The first-order valence-corrected chi connectivity index (χ1v) is 8.19. The molecule has 25 heavy (non-hydrogen) atoms. The summed E-state index contributed by atoms with van der Waals surface area (Å²) >= 11 is 0. The second-order valence-electron chi connectivity index (χ2n) is 7.41. The van der Waals surface area contributed by atoms with Gasteiger partial charge in [0.2, 0.25) is 0 Å². The van der Waals surface area contributed by atoms with Gasteiger partial charge in [0.25, 0.3) is 5.91 Å². The Kier molecular flexibility index (Phi) is 5.02. The first-order valence-electron chi connectivity index (χ1n) is 8.19. The van der Waals surface area contributed by atoms with E-state index in [0.717, 1.165) is 5.69 Å². The lowest BCUT2D eigenvalue weighted by molar-refractivity contribution is -0.142. The standard InChI is InChI=1S/C19H25N3O3/c1-13-15(11-21-22(13)18(2,3)4)16(23)20-12-19(5,17(24)25)14-9-7-6-8-10-14/h6-11H,12H2,1-5H3,(H,20,23)(H,24,25). The van der Waals surface area contributed by atoms with Crippen LogP contribution < -0.4 is 5.32 Å². The van der Waals surface area contributed by atoms with Gasteiger partial charge < -0.3 is 10.4 Å². The van der Waals surface area contributed by atoms with Crippen molar-refractivity contribution in [3.05, 3.63) is 53.3 Å². The fraction of sp³-hybridized carbons (Fsp3) is 0.421. The molecule has 2 N–H and O–H groups in total. The quantitative estimate of drug-likeness (QED) is 0.874. The van der Waals surface area contributed by atoms with E-state index in [1.165, 1.54) is 6.20 Å². The van der Waals surface area contributed by atoms with E-state index in [9.17, 15) is 14.7 Å². The number of carboxylic acid groups (broad SMARTS) is 1. The van der Waals surface area contributed by atoms with Crippen LogP contribution >= 0.6 is 0 Å². The summed E-state index contributed by atoms with van der Waals surface area (Å²) in [5, 5.41) is 16.7. The Labute approximate surface area is 147 Å². The zero-order valence-corrected chi connectivity index (χ0v) is 15.3. The number of aromatic nitrogens is 2. The molecule has 1 aromatic heterocycles. The van der Waals surface area contributed by atoms with Crippen LogP contribution in [0.2, 0.25) is 0 Å². The second kappa shape index (κ2) is 6.70. The highest BCUT2D eigenvalue weighted by Gasteiger charge is 2.36. The van der Waals surface area contributed by atoms with Gasteiger partial charge in [0.05, 0.1) is 17.3 Å². The molecule has 6 heteroatoms. The summed E-state index contributed by atoms with van der Waals surface area (Å²) in [6.07, 6.45) is 1.52. The molecule has 1 amide bonds. The van der Waals surface area contributed by atoms with E-state index in [4.69, 9.17) is 0 Å². The summed E-state index contributed by atoms with van der Waals surface area (Å²) < 4.78 is 1.79. The topological polar surface area (TPSA) is 84.2 Å². The van der Waals surface area contributed by atoms with Crippen molar-refractivity contribution < 1.29 is 14.7 Å². The van der Waals surface area contributed by atoms with Gasteiger partial charge in [-0.15, -0.1) is 0 Å². The molecule has 134 valence electrons. The van der Waals surface area contributed by atoms with Crippen LogP contribution in [-0.4, -0.2) is 33.3 Å². The third kappa shape index (κ3) is 3.73. The van der Waals surface area contributed by atoms with Crippen LogP contribution in [0.1, 0.15) is 49.3 Å². The van der Waals surface area contributed by atoms with E-state index in [1.54, 1.807) is 35.9 Å². The summed E-state index contributed by atoms with van der Waals surface area (Å²) in [7, 11) is 0. The average Bonchev–Trinajstić information content (AvgIpc) is 2.94. The number of hydrogen-bond donors (Lipinski definition) is 2. The van der Waals surface area contributed by atoms with Crippen molar-refractivity contribution in [1.29, 1.82) is 0 Å². The van der Waals surface area contributed by atoms with E-state index < -0.39 is 11.4 Å². The number of rotatable bonds is 5. The second-order valence-corrected chi connectivity index (χ2v) is 7.41. The first-order chi connectivity index (χ1) is 11.6. The van der Waals surface area contributed by atoms with Crippen molar-refractivity contribution in [2.24, 2.45) is 0 Å². The van der Waals surface area contributed by atoms with E-state index in [0.29, 0.717) is 11.1 Å². The van der Waals surface area contributed by atoms with Gasteiger partial charge in [0.15, 0.2) is 0 Å². The minimum absolute atomic E-state index is 0.00861. The van der Waals surface area contributed by atoms with Crippen LogP contribution in [0.4, 0.5) is 0 Å². The molecule has 1 heterocycles. The summed E-state index contributed by atoms with van der Waals surface area (Å²) in [5.74, 6) is -1.31. The number of amides is 1. The maximum Gasteiger partial charge on any atom is 0.315 e. The number of nitrogens with one attached hydrogen (secondary N) is 1. The van der Waals surface area contributed by atoms with Gasteiger partial charge in [-0.3, -0.25) is 14.3 Å². The SMILES string of the molecule is Cc1c(C(=O)NCC(C)(C(=O)O)c2ccccc2)cnn1C(C)(C)C. The van der Waals surface area contributed by atoms with Crippen LogP contribution in [0.15, 0.2) is 36.5 Å². The molecular weight excluding hydrogens is 318 g/mol. The molecule has 1 aromatic carbocycles. The molecule has 0 bridgehead atoms. The van der Waals surface area contributed by atoms with Crippen LogP contribution in [0, 0.1) is 6.92 Å². The molecule has 0 fully saturated rings. The Morgan fingerprint density at radius 3 is 2.24 bits per heavy atom. The summed E-state index contributed by atoms with van der Waals surface area (Å²) in [6, 6.07) is 8.91. The smallest absolute Gasteiger partial charge is 0.315 e. The number of carbonyl (C=O) groups excluding carboxylic acids is 1. The molecule has 0 aliphatic carbocycles. The summed E-state index contributed by atoms with van der Waals surface area (Å²) in [4.78, 5) is 24.4. The van der Waals surface area contributed by atoms with Gasteiger partial charge >= 0.3 is 5.97 Å². The fourth-order valence-corrected chi connectivity index (χ4v) is 2.77. The minimum Gasteiger partial charge on any atom is -0.481 e. The molecule has 0 saturated heterocycles. The summed E-state index contributed by atoms with van der Waals surface area (Å²) in [5.41, 5.74) is 0.412. The number of carbonyl (C=O) groups is 2. The van der Waals surface area contributed by atoms with Crippen LogP contribution in [0.25, 0.3) is 0 Å². The molecule has 2 aromatic rings. The predicted molar refractivity (Wildman–Crippen MR) is 95.7 cm³/mol. The maximum absolute atomic E-state index is 12.5. The van der Waals surface area contributed by atoms with Gasteiger partial charge in [0.1, 0.15) is 5.41 Å². The number of carboxylic acids is 1. The van der Waals surface area contributed by atoms with Crippen molar-refractivity contribution in [3.8, 4) is 0 Å². The molecule has 2 rings (SSSR count). The van der Waals surface area contributed by atoms with Gasteiger partial charge in [-0.05, 0) is 40.2 Å². The van der Waals surface area contributed by atoms with Crippen molar-refractivity contribution in [2.45, 2.75) is 45.6 Å². The fourth-order valence-electron chi connectivity index (χ4n) is 2.77.